The van der Waals surface area contributed by atoms with Crippen LogP contribution in [0.2, 0.25) is 10.2 Å². The van der Waals surface area contributed by atoms with Crippen LogP contribution in [0.1, 0.15) is 25.3 Å². The first-order valence-electron chi connectivity index (χ1n) is 9.49. The van der Waals surface area contributed by atoms with Gasteiger partial charge in [-0.2, -0.15) is 9.61 Å². The fourth-order valence-electron chi connectivity index (χ4n) is 3.71. The first-order chi connectivity index (χ1) is 14.4. The van der Waals surface area contributed by atoms with E-state index in [0.29, 0.717) is 40.4 Å². The molecule has 1 aromatic carbocycles. The summed E-state index contributed by atoms with van der Waals surface area (Å²) in [5.74, 6) is 0.895. The maximum Gasteiger partial charge on any atom is 0.167 e. The van der Waals surface area contributed by atoms with Crippen LogP contribution in [-0.2, 0) is 4.79 Å². The normalized spacial score (nSPS) is 15.8. The van der Waals surface area contributed by atoms with Gasteiger partial charge in [-0.15, -0.1) is 0 Å². The third kappa shape index (κ3) is 3.80. The van der Waals surface area contributed by atoms with Gasteiger partial charge in [-0.05, 0) is 43.0 Å². The minimum Gasteiger partial charge on any atom is -0.356 e. The Morgan fingerprint density at radius 3 is 2.67 bits per heavy atom. The van der Waals surface area contributed by atoms with Crippen LogP contribution in [0.5, 0.6) is 0 Å². The monoisotopic (exact) mass is 466 g/mol. The van der Waals surface area contributed by atoms with Crippen molar-refractivity contribution in [2.45, 2.75) is 19.8 Å². The molecule has 0 amide bonds. The Hall–Kier alpha value is -2.15. The number of benzene rings is 1. The Labute approximate surface area is 188 Å². The van der Waals surface area contributed by atoms with Crippen molar-refractivity contribution in [3.63, 3.8) is 0 Å². The van der Waals surface area contributed by atoms with Crippen LogP contribution in [0.3, 0.4) is 0 Å². The lowest BCUT2D eigenvalue weighted by Gasteiger charge is -2.33. The van der Waals surface area contributed by atoms with E-state index in [4.69, 9.17) is 34.8 Å². The Bertz CT molecular complexity index is 1150. The third-order valence-corrected chi connectivity index (χ3v) is 6.25. The number of fused-ring (bicyclic) bond motifs is 1. The molecule has 0 unspecified atom stereocenters. The van der Waals surface area contributed by atoms with Gasteiger partial charge in [0.2, 0.25) is 0 Å². The van der Waals surface area contributed by atoms with E-state index in [0.717, 1.165) is 25.9 Å². The first-order valence-corrected chi connectivity index (χ1v) is 10.6. The number of nitrogens with zero attached hydrogens (tertiary/aromatic N) is 4. The van der Waals surface area contributed by atoms with Crippen molar-refractivity contribution < 1.29 is 9.18 Å². The summed E-state index contributed by atoms with van der Waals surface area (Å²) in [5, 5.41) is 5.13. The van der Waals surface area contributed by atoms with Gasteiger partial charge in [0.25, 0.3) is 0 Å². The average Bonchev–Trinajstić information content (AvgIpc) is 3.12. The van der Waals surface area contributed by atoms with Gasteiger partial charge >= 0.3 is 0 Å². The molecule has 9 heteroatoms. The second-order valence-corrected chi connectivity index (χ2v) is 8.51. The van der Waals surface area contributed by atoms with Crippen molar-refractivity contribution in [2.24, 2.45) is 5.92 Å². The number of halogens is 4. The summed E-state index contributed by atoms with van der Waals surface area (Å²) < 4.78 is 15.3. The summed E-state index contributed by atoms with van der Waals surface area (Å²) in [6, 6.07) is 4.17. The predicted octanol–water partition coefficient (Wildman–Crippen LogP) is 5.86. The molecule has 3 heterocycles. The number of aldehydes is 1. The second-order valence-electron chi connectivity index (χ2n) is 7.34. The Morgan fingerprint density at radius 1 is 1.27 bits per heavy atom. The van der Waals surface area contributed by atoms with E-state index in [9.17, 15) is 9.18 Å². The molecule has 2 aromatic heterocycles. The minimum absolute atomic E-state index is 0.196. The highest BCUT2D eigenvalue weighted by atomic mass is 35.5. The molecule has 30 heavy (non-hydrogen) atoms. The van der Waals surface area contributed by atoms with E-state index in [2.05, 4.69) is 21.9 Å². The molecule has 0 aliphatic carbocycles. The highest BCUT2D eigenvalue weighted by molar-refractivity contribution is 6.50. The molecule has 0 spiro atoms. The third-order valence-electron chi connectivity index (χ3n) is 5.33. The lowest BCUT2D eigenvalue weighted by molar-refractivity contribution is -0.104. The van der Waals surface area contributed by atoms with Crippen LogP contribution in [0.15, 0.2) is 30.5 Å². The molecular formula is C21H18Cl3FN4O. The van der Waals surface area contributed by atoms with Gasteiger partial charge in [-0.3, -0.25) is 4.79 Å². The van der Waals surface area contributed by atoms with Crippen LogP contribution >= 0.6 is 34.8 Å². The van der Waals surface area contributed by atoms with E-state index < -0.39 is 5.82 Å². The molecule has 0 N–H and O–H groups in total. The van der Waals surface area contributed by atoms with Crippen molar-refractivity contribution in [1.29, 1.82) is 0 Å². The van der Waals surface area contributed by atoms with Crippen molar-refractivity contribution in [2.75, 3.05) is 18.0 Å². The average molecular weight is 468 g/mol. The van der Waals surface area contributed by atoms with Crippen LogP contribution in [-0.4, -0.2) is 34.0 Å². The maximum atomic E-state index is 13.7. The zero-order valence-corrected chi connectivity index (χ0v) is 18.3. The summed E-state index contributed by atoms with van der Waals surface area (Å²) >= 11 is 19.3. The van der Waals surface area contributed by atoms with Crippen LogP contribution in [0.25, 0.3) is 21.8 Å². The maximum absolute atomic E-state index is 13.7. The molecule has 0 atom stereocenters. The Kier molecular flexibility index (Phi) is 6.00. The summed E-state index contributed by atoms with van der Waals surface area (Å²) in [7, 11) is 0. The number of hydrogen-bond donors (Lipinski definition) is 0. The van der Waals surface area contributed by atoms with Gasteiger partial charge < -0.3 is 4.90 Å². The molecule has 5 nitrogen and oxygen atoms in total. The zero-order valence-electron chi connectivity index (χ0n) is 16.1. The van der Waals surface area contributed by atoms with Gasteiger partial charge in [0.15, 0.2) is 5.65 Å². The zero-order chi connectivity index (χ0) is 21.4. The molecule has 0 radical (unpaired) electrons. The second kappa shape index (κ2) is 8.53. The molecule has 1 aliphatic rings. The Morgan fingerprint density at radius 2 is 2.00 bits per heavy atom. The van der Waals surface area contributed by atoms with Gasteiger partial charge in [-0.25, -0.2) is 9.37 Å². The highest BCUT2D eigenvalue weighted by Crippen LogP contribution is 2.42. The topological polar surface area (TPSA) is 50.5 Å². The lowest BCUT2D eigenvalue weighted by atomic mass is 9.98. The minimum atomic E-state index is -0.436. The SMILES string of the molecule is CC1CCN(c2c(-c3ccc(F)cc3Cl)c(Cl)nc3c(C(Cl)=CC=O)cnn23)CC1. The number of carbonyl (C=O) groups is 1. The number of aromatic nitrogens is 3. The van der Waals surface area contributed by atoms with Gasteiger partial charge in [-0.1, -0.05) is 41.7 Å². The van der Waals surface area contributed by atoms with Crippen LogP contribution in [0, 0.1) is 11.7 Å². The predicted molar refractivity (Wildman–Crippen MR) is 119 cm³/mol. The summed E-state index contributed by atoms with van der Waals surface area (Å²) in [4.78, 5) is 17.6. The number of carbonyl (C=O) groups excluding carboxylic acids is 1. The van der Waals surface area contributed by atoms with Gasteiger partial charge in [0, 0.05) is 18.7 Å². The fraction of sp³-hybridized carbons (Fsp3) is 0.286. The summed E-state index contributed by atoms with van der Waals surface area (Å²) in [6.45, 7) is 3.82. The molecule has 1 aliphatic heterocycles. The summed E-state index contributed by atoms with van der Waals surface area (Å²) in [6.07, 6.45) is 5.41. The molecule has 3 aromatic rings. The van der Waals surface area contributed by atoms with Crippen LogP contribution < -0.4 is 4.90 Å². The largest absolute Gasteiger partial charge is 0.356 e. The molecule has 1 saturated heterocycles. The van der Waals surface area contributed by atoms with Gasteiger partial charge in [0.05, 0.1) is 27.4 Å². The van der Waals surface area contributed by atoms with E-state index in [1.165, 1.54) is 18.2 Å². The number of anilines is 1. The van der Waals surface area contributed by atoms with Crippen LogP contribution in [0.4, 0.5) is 10.2 Å². The molecule has 156 valence electrons. The van der Waals surface area contributed by atoms with Gasteiger partial charge in [0.1, 0.15) is 23.1 Å². The fourth-order valence-corrected chi connectivity index (χ4v) is 4.42. The van der Waals surface area contributed by atoms with Crippen molar-refractivity contribution >= 4 is 57.6 Å². The lowest BCUT2D eigenvalue weighted by Crippen LogP contribution is -2.34. The van der Waals surface area contributed by atoms with E-state index >= 15 is 0 Å². The van der Waals surface area contributed by atoms with E-state index in [1.807, 2.05) is 0 Å². The molecular weight excluding hydrogens is 450 g/mol. The number of piperidine rings is 1. The number of hydrogen-bond acceptors (Lipinski definition) is 4. The van der Waals surface area contributed by atoms with E-state index in [1.54, 1.807) is 16.8 Å². The molecule has 0 bridgehead atoms. The number of rotatable bonds is 4. The smallest absolute Gasteiger partial charge is 0.167 e. The molecule has 1 fully saturated rings. The number of allylic oxidation sites excluding steroid dienone is 1. The molecule has 4 rings (SSSR count). The molecule has 0 saturated carbocycles. The quantitative estimate of drug-likeness (QED) is 0.274. The van der Waals surface area contributed by atoms with Crippen molar-refractivity contribution in [3.05, 3.63) is 52.0 Å². The standard InChI is InChI=1S/C21H18Cl3FN4O/c1-12-4-7-28(8-5-12)21-18(14-3-2-13(25)10-17(14)23)19(24)27-20-15(11-26-29(20)21)16(22)6-9-30/h2-3,6,9-12H,4-5,7-8H2,1H3. The summed E-state index contributed by atoms with van der Waals surface area (Å²) in [5.41, 5.74) is 2.07. The highest BCUT2D eigenvalue weighted by Gasteiger charge is 2.27. The van der Waals surface area contributed by atoms with Crippen molar-refractivity contribution in [3.8, 4) is 11.1 Å². The first kappa shape index (κ1) is 21.1. The van der Waals surface area contributed by atoms with E-state index in [-0.39, 0.29) is 15.2 Å². The van der Waals surface area contributed by atoms with Crippen molar-refractivity contribution in [1.82, 2.24) is 14.6 Å². The Balaban J connectivity index is 2.01.